The molecule has 0 aliphatic rings. The molecule has 1 nitrogen and oxygen atoms in total. The highest BCUT2D eigenvalue weighted by molar-refractivity contribution is 7.98. The fourth-order valence-electron chi connectivity index (χ4n) is 1.92. The van der Waals surface area contributed by atoms with Crippen molar-refractivity contribution >= 4 is 17.5 Å². The largest absolute Gasteiger partial charge is 0.416 e. The minimum absolute atomic E-state index is 0.0392. The second-order valence-electron chi connectivity index (χ2n) is 4.53. The molecular formula is C16H13F3OS. The summed E-state index contributed by atoms with van der Waals surface area (Å²) in [5.41, 5.74) is 0.138. The molecule has 0 spiro atoms. The Morgan fingerprint density at radius 1 is 1.10 bits per heavy atom. The standard InChI is InChI=1S/C16H13F3OS/c1-21-14-7-5-12(6-8-14)15(20)10-11-3-2-4-13(9-11)16(17,18)19/h2-9H,10H2,1H3. The third kappa shape index (κ3) is 4.11. The number of alkyl halides is 3. The zero-order chi connectivity index (χ0) is 15.5. The van der Waals surface area contributed by atoms with Gasteiger partial charge in [0.1, 0.15) is 0 Å². The molecule has 2 aromatic rings. The van der Waals surface area contributed by atoms with Crippen molar-refractivity contribution in [1.29, 1.82) is 0 Å². The van der Waals surface area contributed by atoms with Crippen LogP contribution in [0.4, 0.5) is 13.2 Å². The molecule has 0 N–H and O–H groups in total. The van der Waals surface area contributed by atoms with Crippen LogP contribution in [0.25, 0.3) is 0 Å². The number of benzene rings is 2. The molecule has 0 unspecified atom stereocenters. The number of hydrogen-bond donors (Lipinski definition) is 0. The average Bonchev–Trinajstić information content (AvgIpc) is 2.47. The van der Waals surface area contributed by atoms with E-state index in [1.54, 1.807) is 23.9 Å². The predicted molar refractivity (Wildman–Crippen MR) is 77.7 cm³/mol. The Kier molecular flexibility index (Phi) is 4.73. The van der Waals surface area contributed by atoms with E-state index >= 15 is 0 Å². The van der Waals surface area contributed by atoms with Crippen LogP contribution in [0.5, 0.6) is 0 Å². The minimum Gasteiger partial charge on any atom is -0.294 e. The third-order valence-corrected chi connectivity index (χ3v) is 3.77. The lowest BCUT2D eigenvalue weighted by atomic mass is 10.0. The van der Waals surface area contributed by atoms with Gasteiger partial charge in [-0.25, -0.2) is 0 Å². The van der Waals surface area contributed by atoms with Crippen molar-refractivity contribution in [2.24, 2.45) is 0 Å². The summed E-state index contributed by atoms with van der Waals surface area (Å²) < 4.78 is 37.9. The molecule has 0 aliphatic carbocycles. The number of Topliss-reactive ketones (excluding diaryl/α,β-unsaturated/α-hetero) is 1. The van der Waals surface area contributed by atoms with Crippen LogP contribution < -0.4 is 0 Å². The number of thioether (sulfide) groups is 1. The van der Waals surface area contributed by atoms with Crippen molar-refractivity contribution in [2.75, 3.05) is 6.26 Å². The molecule has 110 valence electrons. The van der Waals surface area contributed by atoms with Crippen LogP contribution >= 0.6 is 11.8 Å². The van der Waals surface area contributed by atoms with E-state index in [1.807, 2.05) is 18.4 Å². The summed E-state index contributed by atoms with van der Waals surface area (Å²) in [6.07, 6.45) is -2.50. The van der Waals surface area contributed by atoms with Gasteiger partial charge in [-0.1, -0.05) is 30.3 Å². The summed E-state index contributed by atoms with van der Waals surface area (Å²) in [6, 6.07) is 11.9. The van der Waals surface area contributed by atoms with Crippen molar-refractivity contribution in [2.45, 2.75) is 17.5 Å². The summed E-state index contributed by atoms with van der Waals surface area (Å²) in [5, 5.41) is 0. The molecule has 0 fully saturated rings. The number of carbonyl (C=O) groups is 1. The number of halogens is 3. The summed E-state index contributed by atoms with van der Waals surface area (Å²) >= 11 is 1.56. The van der Waals surface area contributed by atoms with Gasteiger partial charge in [-0.2, -0.15) is 13.2 Å². The van der Waals surface area contributed by atoms with Crippen molar-refractivity contribution in [3.63, 3.8) is 0 Å². The first kappa shape index (κ1) is 15.6. The monoisotopic (exact) mass is 310 g/mol. The van der Waals surface area contributed by atoms with E-state index in [0.717, 1.165) is 17.0 Å². The van der Waals surface area contributed by atoms with Gasteiger partial charge < -0.3 is 0 Å². The highest BCUT2D eigenvalue weighted by Crippen LogP contribution is 2.29. The van der Waals surface area contributed by atoms with Crippen molar-refractivity contribution in [3.05, 3.63) is 65.2 Å². The van der Waals surface area contributed by atoms with Gasteiger partial charge in [0.25, 0.3) is 0 Å². The highest BCUT2D eigenvalue weighted by atomic mass is 32.2. The molecule has 0 heterocycles. The SMILES string of the molecule is CSc1ccc(C(=O)Cc2cccc(C(F)(F)F)c2)cc1. The first-order valence-corrected chi connectivity index (χ1v) is 7.46. The van der Waals surface area contributed by atoms with Crippen LogP contribution in [-0.2, 0) is 12.6 Å². The van der Waals surface area contributed by atoms with Crippen LogP contribution in [-0.4, -0.2) is 12.0 Å². The normalized spacial score (nSPS) is 11.4. The topological polar surface area (TPSA) is 17.1 Å². The van der Waals surface area contributed by atoms with Crippen molar-refractivity contribution in [3.8, 4) is 0 Å². The second-order valence-corrected chi connectivity index (χ2v) is 5.41. The maximum atomic E-state index is 12.6. The van der Waals surface area contributed by atoms with Crippen molar-refractivity contribution in [1.82, 2.24) is 0 Å². The molecular weight excluding hydrogens is 297 g/mol. The second kappa shape index (κ2) is 6.35. The Labute approximate surface area is 125 Å². The number of rotatable bonds is 4. The van der Waals surface area contributed by atoms with E-state index in [-0.39, 0.29) is 12.2 Å². The van der Waals surface area contributed by atoms with Gasteiger partial charge in [-0.3, -0.25) is 4.79 Å². The Morgan fingerprint density at radius 3 is 2.33 bits per heavy atom. The number of carbonyl (C=O) groups excluding carboxylic acids is 1. The minimum atomic E-state index is -4.39. The fourth-order valence-corrected chi connectivity index (χ4v) is 2.33. The zero-order valence-corrected chi connectivity index (χ0v) is 12.1. The van der Waals surface area contributed by atoms with E-state index in [0.29, 0.717) is 11.1 Å². The molecule has 0 aliphatic heterocycles. The molecule has 0 aromatic heterocycles. The molecule has 0 saturated carbocycles. The van der Waals surface area contributed by atoms with E-state index in [4.69, 9.17) is 0 Å². The van der Waals surface area contributed by atoms with E-state index in [2.05, 4.69) is 0 Å². The molecule has 0 radical (unpaired) electrons. The Morgan fingerprint density at radius 2 is 1.76 bits per heavy atom. The molecule has 21 heavy (non-hydrogen) atoms. The highest BCUT2D eigenvalue weighted by Gasteiger charge is 2.30. The summed E-state index contributed by atoms with van der Waals surface area (Å²) in [6.45, 7) is 0. The first-order chi connectivity index (χ1) is 9.90. The Bertz CT molecular complexity index is 633. The predicted octanol–water partition coefficient (Wildman–Crippen LogP) is 4.85. The maximum absolute atomic E-state index is 12.6. The lowest BCUT2D eigenvalue weighted by molar-refractivity contribution is -0.137. The number of hydrogen-bond acceptors (Lipinski definition) is 2. The Balaban J connectivity index is 2.15. The fraction of sp³-hybridized carbons (Fsp3) is 0.188. The van der Waals surface area contributed by atoms with Gasteiger partial charge in [0.05, 0.1) is 5.56 Å². The summed E-state index contributed by atoms with van der Waals surface area (Å²) in [7, 11) is 0. The van der Waals surface area contributed by atoms with Crippen LogP contribution in [0, 0.1) is 0 Å². The zero-order valence-electron chi connectivity index (χ0n) is 11.3. The lowest BCUT2D eigenvalue weighted by Crippen LogP contribution is -2.08. The van der Waals surface area contributed by atoms with Gasteiger partial charge in [0.15, 0.2) is 5.78 Å². The quantitative estimate of drug-likeness (QED) is 0.593. The van der Waals surface area contributed by atoms with Gasteiger partial charge in [-0.15, -0.1) is 11.8 Å². The molecule has 0 amide bonds. The lowest BCUT2D eigenvalue weighted by Gasteiger charge is -2.08. The van der Waals surface area contributed by atoms with E-state index in [1.165, 1.54) is 12.1 Å². The Hall–Kier alpha value is -1.75. The van der Waals surface area contributed by atoms with E-state index in [9.17, 15) is 18.0 Å². The van der Waals surface area contributed by atoms with Crippen LogP contribution in [0.1, 0.15) is 21.5 Å². The molecule has 2 rings (SSSR count). The summed E-state index contributed by atoms with van der Waals surface area (Å²) in [4.78, 5) is 13.1. The van der Waals surface area contributed by atoms with E-state index < -0.39 is 11.7 Å². The summed E-state index contributed by atoms with van der Waals surface area (Å²) in [5.74, 6) is -0.193. The molecule has 0 atom stereocenters. The maximum Gasteiger partial charge on any atom is 0.416 e. The molecule has 0 bridgehead atoms. The van der Waals surface area contributed by atoms with Crippen LogP contribution in [0.15, 0.2) is 53.4 Å². The molecule has 5 heteroatoms. The third-order valence-electron chi connectivity index (χ3n) is 3.03. The van der Waals surface area contributed by atoms with Gasteiger partial charge in [-0.05, 0) is 30.0 Å². The van der Waals surface area contributed by atoms with Gasteiger partial charge in [0, 0.05) is 16.9 Å². The molecule has 2 aromatic carbocycles. The molecule has 0 saturated heterocycles. The van der Waals surface area contributed by atoms with Crippen LogP contribution in [0.2, 0.25) is 0 Å². The first-order valence-electron chi connectivity index (χ1n) is 6.23. The smallest absolute Gasteiger partial charge is 0.294 e. The average molecular weight is 310 g/mol. The van der Waals surface area contributed by atoms with Crippen molar-refractivity contribution < 1.29 is 18.0 Å². The van der Waals surface area contributed by atoms with Gasteiger partial charge >= 0.3 is 6.18 Å². The number of ketones is 1. The van der Waals surface area contributed by atoms with Crippen LogP contribution in [0.3, 0.4) is 0 Å². The van der Waals surface area contributed by atoms with Gasteiger partial charge in [0.2, 0.25) is 0 Å².